The van der Waals surface area contributed by atoms with Gasteiger partial charge >= 0.3 is 0 Å². The minimum absolute atomic E-state index is 0.447. The SMILES string of the molecule is N#Cc1ccc(C2C(CN)CCCCN2C2CC2)cc1. The van der Waals surface area contributed by atoms with E-state index in [2.05, 4.69) is 23.1 Å². The molecule has 2 atom stereocenters. The third-order valence-electron chi connectivity index (χ3n) is 4.74. The van der Waals surface area contributed by atoms with E-state index in [9.17, 15) is 0 Å². The predicted octanol–water partition coefficient (Wildman–Crippen LogP) is 2.82. The summed E-state index contributed by atoms with van der Waals surface area (Å²) in [5, 5.41) is 8.95. The van der Waals surface area contributed by atoms with E-state index >= 15 is 0 Å². The second-order valence-corrected chi connectivity index (χ2v) is 6.14. The summed E-state index contributed by atoms with van der Waals surface area (Å²) in [5.41, 5.74) is 8.14. The van der Waals surface area contributed by atoms with Crippen LogP contribution in [0.5, 0.6) is 0 Å². The molecule has 2 N–H and O–H groups in total. The first-order valence-electron chi connectivity index (χ1n) is 7.79. The van der Waals surface area contributed by atoms with Crippen molar-refractivity contribution in [2.75, 3.05) is 13.1 Å². The molecule has 2 fully saturated rings. The van der Waals surface area contributed by atoms with E-state index in [1.165, 1.54) is 44.2 Å². The first-order chi connectivity index (χ1) is 9.83. The van der Waals surface area contributed by atoms with Gasteiger partial charge in [-0.1, -0.05) is 18.6 Å². The molecule has 3 heteroatoms. The maximum Gasteiger partial charge on any atom is 0.0991 e. The average molecular weight is 269 g/mol. The fraction of sp³-hybridized carbons (Fsp3) is 0.588. The molecule has 0 amide bonds. The summed E-state index contributed by atoms with van der Waals surface area (Å²) in [5.74, 6) is 0.547. The van der Waals surface area contributed by atoms with Crippen LogP contribution in [0.4, 0.5) is 0 Å². The molecular formula is C17H23N3. The van der Waals surface area contributed by atoms with Crippen molar-refractivity contribution in [1.82, 2.24) is 4.90 Å². The second kappa shape index (κ2) is 5.95. The Hall–Kier alpha value is -1.37. The highest BCUT2D eigenvalue weighted by molar-refractivity contribution is 5.33. The number of rotatable bonds is 3. The van der Waals surface area contributed by atoms with Crippen LogP contribution in [0.15, 0.2) is 24.3 Å². The van der Waals surface area contributed by atoms with Crippen LogP contribution in [0.1, 0.15) is 49.3 Å². The van der Waals surface area contributed by atoms with Crippen LogP contribution in [-0.2, 0) is 0 Å². The monoisotopic (exact) mass is 269 g/mol. The molecule has 0 radical (unpaired) electrons. The summed E-state index contributed by atoms with van der Waals surface area (Å²) < 4.78 is 0. The standard InChI is InChI=1S/C17H23N3/c18-11-13-4-6-14(7-5-13)17-15(12-19)3-1-2-10-20(17)16-8-9-16/h4-7,15-17H,1-3,8-10,12,19H2. The smallest absolute Gasteiger partial charge is 0.0991 e. The molecule has 2 aliphatic rings. The summed E-state index contributed by atoms with van der Waals surface area (Å²) in [6, 6.07) is 11.6. The van der Waals surface area contributed by atoms with Crippen LogP contribution in [0.2, 0.25) is 0 Å². The average Bonchev–Trinajstić information content (AvgIpc) is 3.32. The summed E-state index contributed by atoms with van der Waals surface area (Å²) in [4.78, 5) is 2.69. The number of nitrogens with zero attached hydrogens (tertiary/aromatic N) is 2. The maximum atomic E-state index is 8.95. The van der Waals surface area contributed by atoms with Crippen molar-refractivity contribution in [3.63, 3.8) is 0 Å². The van der Waals surface area contributed by atoms with E-state index in [4.69, 9.17) is 11.0 Å². The molecule has 3 nitrogen and oxygen atoms in total. The van der Waals surface area contributed by atoms with Gasteiger partial charge in [0.15, 0.2) is 0 Å². The predicted molar refractivity (Wildman–Crippen MR) is 80.0 cm³/mol. The van der Waals surface area contributed by atoms with Gasteiger partial charge in [0.1, 0.15) is 0 Å². The van der Waals surface area contributed by atoms with Crippen LogP contribution in [0, 0.1) is 17.2 Å². The summed E-state index contributed by atoms with van der Waals surface area (Å²) >= 11 is 0. The fourth-order valence-corrected chi connectivity index (χ4v) is 3.55. The Kier molecular flexibility index (Phi) is 4.05. The molecule has 1 aliphatic carbocycles. The molecule has 20 heavy (non-hydrogen) atoms. The Morgan fingerprint density at radius 1 is 1.15 bits per heavy atom. The van der Waals surface area contributed by atoms with Gasteiger partial charge in [0.2, 0.25) is 0 Å². The van der Waals surface area contributed by atoms with E-state index < -0.39 is 0 Å². The summed E-state index contributed by atoms with van der Waals surface area (Å²) in [6.07, 6.45) is 6.48. The lowest BCUT2D eigenvalue weighted by molar-refractivity contribution is 0.149. The van der Waals surface area contributed by atoms with E-state index in [-0.39, 0.29) is 0 Å². The van der Waals surface area contributed by atoms with Gasteiger partial charge in [-0.15, -0.1) is 0 Å². The molecule has 3 rings (SSSR count). The van der Waals surface area contributed by atoms with Gasteiger partial charge in [-0.3, -0.25) is 4.90 Å². The molecular weight excluding hydrogens is 246 g/mol. The Labute approximate surface area is 121 Å². The number of nitrogens with two attached hydrogens (primary N) is 1. The number of benzene rings is 1. The van der Waals surface area contributed by atoms with Crippen molar-refractivity contribution < 1.29 is 0 Å². The van der Waals surface area contributed by atoms with Gasteiger partial charge in [-0.05, 0) is 62.4 Å². The molecule has 1 aromatic rings. The quantitative estimate of drug-likeness (QED) is 0.918. The van der Waals surface area contributed by atoms with Crippen molar-refractivity contribution in [2.45, 2.75) is 44.2 Å². The molecule has 1 saturated carbocycles. The molecule has 2 unspecified atom stereocenters. The van der Waals surface area contributed by atoms with E-state index in [0.717, 1.165) is 18.2 Å². The lowest BCUT2D eigenvalue weighted by Crippen LogP contribution is -2.37. The van der Waals surface area contributed by atoms with Crippen LogP contribution < -0.4 is 5.73 Å². The van der Waals surface area contributed by atoms with Crippen molar-refractivity contribution in [2.24, 2.45) is 11.7 Å². The zero-order valence-corrected chi connectivity index (χ0v) is 12.0. The van der Waals surface area contributed by atoms with E-state index in [1.807, 2.05) is 12.1 Å². The molecule has 0 aromatic heterocycles. The molecule has 1 aromatic carbocycles. The van der Waals surface area contributed by atoms with E-state index in [1.54, 1.807) is 0 Å². The Balaban J connectivity index is 1.91. The van der Waals surface area contributed by atoms with Crippen LogP contribution >= 0.6 is 0 Å². The topological polar surface area (TPSA) is 53.1 Å². The largest absolute Gasteiger partial charge is 0.330 e. The Morgan fingerprint density at radius 3 is 2.50 bits per heavy atom. The summed E-state index contributed by atoms with van der Waals surface area (Å²) in [6.45, 7) is 1.96. The molecule has 0 bridgehead atoms. The molecule has 1 aliphatic heterocycles. The number of hydrogen-bond acceptors (Lipinski definition) is 3. The number of likely N-dealkylation sites (tertiary alicyclic amines) is 1. The van der Waals surface area contributed by atoms with Crippen molar-refractivity contribution in [3.8, 4) is 6.07 Å². The maximum absolute atomic E-state index is 8.95. The van der Waals surface area contributed by atoms with Gasteiger partial charge in [0, 0.05) is 12.1 Å². The second-order valence-electron chi connectivity index (χ2n) is 6.14. The number of nitriles is 1. The van der Waals surface area contributed by atoms with Crippen molar-refractivity contribution >= 4 is 0 Å². The van der Waals surface area contributed by atoms with E-state index in [0.29, 0.717) is 12.0 Å². The third-order valence-corrected chi connectivity index (χ3v) is 4.74. The lowest BCUT2D eigenvalue weighted by Gasteiger charge is -2.35. The lowest BCUT2D eigenvalue weighted by atomic mass is 9.89. The van der Waals surface area contributed by atoms with Gasteiger partial charge in [0.25, 0.3) is 0 Å². The fourth-order valence-electron chi connectivity index (χ4n) is 3.55. The Bertz CT molecular complexity index is 484. The first kappa shape index (κ1) is 13.6. The Morgan fingerprint density at radius 2 is 1.90 bits per heavy atom. The molecule has 0 spiro atoms. The highest BCUT2D eigenvalue weighted by Gasteiger charge is 2.38. The third kappa shape index (κ3) is 2.72. The first-order valence-corrected chi connectivity index (χ1v) is 7.79. The van der Waals surface area contributed by atoms with Crippen LogP contribution in [0.25, 0.3) is 0 Å². The number of hydrogen-bond donors (Lipinski definition) is 1. The van der Waals surface area contributed by atoms with Crippen molar-refractivity contribution in [3.05, 3.63) is 35.4 Å². The van der Waals surface area contributed by atoms with Crippen molar-refractivity contribution in [1.29, 1.82) is 5.26 Å². The van der Waals surface area contributed by atoms with Gasteiger partial charge in [-0.2, -0.15) is 5.26 Å². The highest BCUT2D eigenvalue weighted by Crippen LogP contribution is 2.41. The summed E-state index contributed by atoms with van der Waals surface area (Å²) in [7, 11) is 0. The molecule has 1 heterocycles. The van der Waals surface area contributed by atoms with Crippen LogP contribution in [-0.4, -0.2) is 24.0 Å². The minimum Gasteiger partial charge on any atom is -0.330 e. The van der Waals surface area contributed by atoms with Gasteiger partial charge < -0.3 is 5.73 Å². The molecule has 106 valence electrons. The van der Waals surface area contributed by atoms with Gasteiger partial charge in [-0.25, -0.2) is 0 Å². The normalized spacial score (nSPS) is 27.8. The highest BCUT2D eigenvalue weighted by atomic mass is 15.2. The zero-order chi connectivity index (χ0) is 13.9. The molecule has 1 saturated heterocycles. The zero-order valence-electron chi connectivity index (χ0n) is 12.0. The van der Waals surface area contributed by atoms with Crippen LogP contribution in [0.3, 0.4) is 0 Å². The minimum atomic E-state index is 0.447. The van der Waals surface area contributed by atoms with Gasteiger partial charge in [0.05, 0.1) is 11.6 Å².